The number of nitrogens with one attached hydrogen (secondary N) is 1. The molecule has 16 heavy (non-hydrogen) atoms. The Bertz CT molecular complexity index is 347. The Kier molecular flexibility index (Phi) is 3.41. The summed E-state index contributed by atoms with van der Waals surface area (Å²) in [6.45, 7) is 1.89. The van der Waals surface area contributed by atoms with Gasteiger partial charge in [0.25, 0.3) is 0 Å². The van der Waals surface area contributed by atoms with Crippen molar-refractivity contribution in [2.24, 2.45) is 5.73 Å². The Morgan fingerprint density at radius 2 is 1.88 bits per heavy atom. The Balaban J connectivity index is 2.20. The van der Waals surface area contributed by atoms with Crippen molar-refractivity contribution in [1.82, 2.24) is 5.32 Å². The van der Waals surface area contributed by atoms with Gasteiger partial charge in [0, 0.05) is 11.7 Å². The summed E-state index contributed by atoms with van der Waals surface area (Å²) >= 11 is 0. The maximum Gasteiger partial charge on any atom is 0.319 e. The van der Waals surface area contributed by atoms with Crippen LogP contribution >= 0.6 is 0 Å². The molecule has 1 aliphatic rings. The molecule has 1 aromatic carbocycles. The van der Waals surface area contributed by atoms with E-state index < -0.39 is 0 Å². The Labute approximate surface area is 95.4 Å². The van der Waals surface area contributed by atoms with E-state index in [1.807, 2.05) is 30.3 Å². The molecule has 0 radical (unpaired) electrons. The molecule has 1 aromatic rings. The quantitative estimate of drug-likeness (QED) is 0.788. The van der Waals surface area contributed by atoms with Crippen molar-refractivity contribution in [3.8, 4) is 0 Å². The zero-order chi connectivity index (χ0) is 11.4. The van der Waals surface area contributed by atoms with Crippen molar-refractivity contribution in [2.75, 3.05) is 18.0 Å². The van der Waals surface area contributed by atoms with Crippen molar-refractivity contribution in [3.05, 3.63) is 30.3 Å². The predicted octanol–water partition coefficient (Wildman–Crippen LogP) is 1.32. The van der Waals surface area contributed by atoms with Crippen molar-refractivity contribution in [1.29, 1.82) is 0 Å². The maximum atomic E-state index is 11.5. The molecule has 2 amide bonds. The molecule has 0 spiro atoms. The number of anilines is 1. The number of para-hydroxylation sites is 1. The zero-order valence-electron chi connectivity index (χ0n) is 9.23. The first-order valence-corrected chi connectivity index (χ1v) is 5.63. The van der Waals surface area contributed by atoms with Gasteiger partial charge in [-0.1, -0.05) is 18.2 Å². The van der Waals surface area contributed by atoms with Gasteiger partial charge in [0.05, 0.1) is 0 Å². The predicted molar refractivity (Wildman–Crippen MR) is 64.4 cm³/mol. The molecular formula is C12H17N3O. The first-order chi connectivity index (χ1) is 7.79. The number of nitrogens with zero attached hydrogens (tertiary/aromatic N) is 1. The molecule has 86 valence electrons. The molecule has 0 bridgehead atoms. The van der Waals surface area contributed by atoms with Gasteiger partial charge < -0.3 is 11.1 Å². The van der Waals surface area contributed by atoms with Crippen LogP contribution in [0.1, 0.15) is 12.8 Å². The fourth-order valence-electron chi connectivity index (χ4n) is 2.17. The lowest BCUT2D eigenvalue weighted by Gasteiger charge is -2.33. The number of primary amides is 1. The third kappa shape index (κ3) is 2.33. The Morgan fingerprint density at radius 1 is 1.25 bits per heavy atom. The van der Waals surface area contributed by atoms with E-state index in [1.165, 1.54) is 0 Å². The number of carbonyl (C=O) groups is 1. The zero-order valence-corrected chi connectivity index (χ0v) is 9.23. The van der Waals surface area contributed by atoms with Crippen LogP contribution in [0.25, 0.3) is 0 Å². The molecule has 0 aromatic heterocycles. The van der Waals surface area contributed by atoms with Gasteiger partial charge in [0.1, 0.15) is 0 Å². The largest absolute Gasteiger partial charge is 0.351 e. The molecule has 0 atom stereocenters. The van der Waals surface area contributed by atoms with E-state index in [2.05, 4.69) is 5.32 Å². The molecule has 3 N–H and O–H groups in total. The maximum absolute atomic E-state index is 11.5. The topological polar surface area (TPSA) is 58.4 Å². The summed E-state index contributed by atoms with van der Waals surface area (Å²) in [7, 11) is 0. The van der Waals surface area contributed by atoms with Crippen LogP contribution in [0.2, 0.25) is 0 Å². The Hall–Kier alpha value is -1.55. The molecule has 2 rings (SSSR count). The van der Waals surface area contributed by atoms with Crippen LogP contribution in [-0.4, -0.2) is 25.2 Å². The highest BCUT2D eigenvalue weighted by Crippen LogP contribution is 2.20. The van der Waals surface area contributed by atoms with Crippen molar-refractivity contribution in [2.45, 2.75) is 18.9 Å². The second kappa shape index (κ2) is 4.99. The Morgan fingerprint density at radius 3 is 2.44 bits per heavy atom. The van der Waals surface area contributed by atoms with E-state index in [0.717, 1.165) is 31.6 Å². The second-order valence-corrected chi connectivity index (χ2v) is 4.02. The minimum atomic E-state index is -0.363. The van der Waals surface area contributed by atoms with Crippen molar-refractivity contribution < 1.29 is 4.79 Å². The van der Waals surface area contributed by atoms with E-state index in [1.54, 1.807) is 4.90 Å². The van der Waals surface area contributed by atoms with Gasteiger partial charge in [0.2, 0.25) is 0 Å². The summed E-state index contributed by atoms with van der Waals surface area (Å²) in [5.74, 6) is 0. The van der Waals surface area contributed by atoms with Crippen LogP contribution < -0.4 is 16.0 Å². The normalized spacial score (nSPS) is 17.0. The summed E-state index contributed by atoms with van der Waals surface area (Å²) < 4.78 is 0. The van der Waals surface area contributed by atoms with E-state index in [9.17, 15) is 4.79 Å². The van der Waals surface area contributed by atoms with Gasteiger partial charge in [-0.15, -0.1) is 0 Å². The fraction of sp³-hybridized carbons (Fsp3) is 0.417. The highest BCUT2D eigenvalue weighted by Gasteiger charge is 2.24. The van der Waals surface area contributed by atoms with Crippen LogP contribution in [-0.2, 0) is 0 Å². The molecule has 0 saturated carbocycles. The summed E-state index contributed by atoms with van der Waals surface area (Å²) in [5, 5.41) is 3.28. The number of benzene rings is 1. The molecule has 0 unspecified atom stereocenters. The summed E-state index contributed by atoms with van der Waals surface area (Å²) in [5.41, 5.74) is 6.36. The van der Waals surface area contributed by atoms with E-state index in [-0.39, 0.29) is 12.1 Å². The number of carbonyl (C=O) groups excluding carboxylic acids is 1. The number of hydrogen-bond donors (Lipinski definition) is 2. The molecule has 4 nitrogen and oxygen atoms in total. The molecule has 1 saturated heterocycles. The van der Waals surface area contributed by atoms with Gasteiger partial charge >= 0.3 is 6.03 Å². The lowest BCUT2D eigenvalue weighted by atomic mass is 10.0. The molecule has 0 aliphatic carbocycles. The van der Waals surface area contributed by atoms with E-state index in [4.69, 9.17) is 5.73 Å². The first-order valence-electron chi connectivity index (χ1n) is 5.63. The van der Waals surface area contributed by atoms with Gasteiger partial charge in [-0.25, -0.2) is 4.79 Å². The van der Waals surface area contributed by atoms with Crippen molar-refractivity contribution >= 4 is 11.7 Å². The van der Waals surface area contributed by atoms with Gasteiger partial charge in [-0.3, -0.25) is 4.90 Å². The number of piperidine rings is 1. The molecule has 4 heteroatoms. The standard InChI is InChI=1S/C12H17N3O/c13-12(16)15(10-4-2-1-3-5-10)11-6-8-14-9-7-11/h1-5,11,14H,6-9H2,(H2,13,16). The van der Waals surface area contributed by atoms with E-state index in [0.29, 0.717) is 0 Å². The van der Waals surface area contributed by atoms with Crippen LogP contribution in [0.4, 0.5) is 10.5 Å². The third-order valence-electron chi connectivity index (χ3n) is 2.95. The average molecular weight is 219 g/mol. The minimum absolute atomic E-state index is 0.223. The molecule has 1 heterocycles. The average Bonchev–Trinajstić information content (AvgIpc) is 2.31. The molecular weight excluding hydrogens is 202 g/mol. The number of amides is 2. The SMILES string of the molecule is NC(=O)N(c1ccccc1)C1CCNCC1. The third-order valence-corrected chi connectivity index (χ3v) is 2.95. The van der Waals surface area contributed by atoms with Crippen molar-refractivity contribution in [3.63, 3.8) is 0 Å². The second-order valence-electron chi connectivity index (χ2n) is 4.02. The number of urea groups is 1. The van der Waals surface area contributed by atoms with Gasteiger partial charge in [-0.2, -0.15) is 0 Å². The highest BCUT2D eigenvalue weighted by atomic mass is 16.2. The minimum Gasteiger partial charge on any atom is -0.351 e. The number of nitrogens with two attached hydrogens (primary N) is 1. The van der Waals surface area contributed by atoms with Gasteiger partial charge in [-0.05, 0) is 38.1 Å². The van der Waals surface area contributed by atoms with Crippen LogP contribution in [0.3, 0.4) is 0 Å². The fourth-order valence-corrected chi connectivity index (χ4v) is 2.17. The monoisotopic (exact) mass is 219 g/mol. The van der Waals surface area contributed by atoms with Crippen LogP contribution in [0.15, 0.2) is 30.3 Å². The lowest BCUT2D eigenvalue weighted by Crippen LogP contribution is -2.48. The molecule has 1 fully saturated rings. The smallest absolute Gasteiger partial charge is 0.319 e. The van der Waals surface area contributed by atoms with Crippen LogP contribution in [0.5, 0.6) is 0 Å². The van der Waals surface area contributed by atoms with Gasteiger partial charge in [0.15, 0.2) is 0 Å². The summed E-state index contributed by atoms with van der Waals surface area (Å²) in [6.07, 6.45) is 1.91. The highest BCUT2D eigenvalue weighted by molar-refractivity contribution is 5.91. The van der Waals surface area contributed by atoms with E-state index >= 15 is 0 Å². The lowest BCUT2D eigenvalue weighted by molar-refractivity contribution is 0.249. The first kappa shape index (κ1) is 11.0. The number of hydrogen-bond acceptors (Lipinski definition) is 2. The number of rotatable bonds is 2. The molecule has 1 aliphatic heterocycles. The summed E-state index contributed by atoms with van der Waals surface area (Å²) in [6, 6.07) is 9.49. The summed E-state index contributed by atoms with van der Waals surface area (Å²) in [4.78, 5) is 13.2. The van der Waals surface area contributed by atoms with Crippen LogP contribution in [0, 0.1) is 0 Å².